The number of nitrogens with zero attached hydrogens (tertiary/aromatic N) is 3. The van der Waals surface area contributed by atoms with Gasteiger partial charge in [0, 0.05) is 31.7 Å². The molecule has 0 amide bonds. The summed E-state index contributed by atoms with van der Waals surface area (Å²) >= 11 is 0. The van der Waals surface area contributed by atoms with Crippen molar-refractivity contribution in [3.63, 3.8) is 0 Å². The van der Waals surface area contributed by atoms with Crippen molar-refractivity contribution in [2.75, 3.05) is 31.1 Å². The molecule has 0 unspecified atom stereocenters. The number of aromatic nitrogens is 2. The normalized spacial score (nSPS) is 16.0. The predicted molar refractivity (Wildman–Crippen MR) is 104 cm³/mol. The number of hydrogen-bond acceptors (Lipinski definition) is 5. The van der Waals surface area contributed by atoms with Crippen molar-refractivity contribution < 1.29 is 13.2 Å². The van der Waals surface area contributed by atoms with Gasteiger partial charge >= 0.3 is 0 Å². The molecule has 2 aromatic carbocycles. The van der Waals surface area contributed by atoms with Gasteiger partial charge in [0.2, 0.25) is 16.0 Å². The molecule has 1 aliphatic heterocycles. The van der Waals surface area contributed by atoms with E-state index in [1.165, 1.54) is 23.4 Å². The highest BCUT2D eigenvalue weighted by Crippen LogP contribution is 2.22. The zero-order valence-electron chi connectivity index (χ0n) is 14.9. The Labute approximate surface area is 157 Å². The minimum absolute atomic E-state index is 0.0848. The number of anilines is 1. The van der Waals surface area contributed by atoms with Crippen molar-refractivity contribution >= 4 is 32.8 Å². The molecular weight excluding hydrogens is 364 g/mol. The zero-order chi connectivity index (χ0) is 19.0. The van der Waals surface area contributed by atoms with Gasteiger partial charge in [-0.2, -0.15) is 4.31 Å². The van der Waals surface area contributed by atoms with Crippen LogP contribution in [-0.2, 0) is 10.0 Å². The van der Waals surface area contributed by atoms with E-state index in [1.54, 1.807) is 12.1 Å². The van der Waals surface area contributed by atoms with Crippen LogP contribution in [0.5, 0.6) is 0 Å². The number of sulfonamides is 1. The largest absolute Gasteiger partial charge is 0.340 e. The van der Waals surface area contributed by atoms with Gasteiger partial charge in [0.1, 0.15) is 0 Å². The van der Waals surface area contributed by atoms with Crippen LogP contribution in [0.2, 0.25) is 0 Å². The first kappa shape index (κ1) is 17.7. The Morgan fingerprint density at radius 3 is 2.30 bits per heavy atom. The molecule has 4 rings (SSSR count). The maximum atomic E-state index is 12.9. The van der Waals surface area contributed by atoms with Crippen LogP contribution >= 0.6 is 0 Å². The second kappa shape index (κ2) is 6.79. The molecule has 27 heavy (non-hydrogen) atoms. The third-order valence-corrected chi connectivity index (χ3v) is 6.73. The standard InChI is InChI=1S/C19H20N4O3S/c1-14(24)15-6-8-16(9-7-15)27(25,26)23-12-10-22(11-13-23)19-20-17-4-2-3-5-18(17)21-19/h2-9H,10-13H2,1H3,(H,20,21). The number of rotatable bonds is 4. The highest BCUT2D eigenvalue weighted by atomic mass is 32.2. The number of carbonyl (C=O) groups excluding carboxylic acids is 1. The molecule has 1 saturated heterocycles. The van der Waals surface area contributed by atoms with E-state index in [0.717, 1.165) is 17.0 Å². The molecule has 0 atom stereocenters. The third-order valence-electron chi connectivity index (χ3n) is 4.81. The first-order valence-electron chi connectivity index (χ1n) is 8.76. The number of piperazine rings is 1. The molecule has 0 spiro atoms. The number of H-pyrrole nitrogens is 1. The van der Waals surface area contributed by atoms with Crippen LogP contribution in [0.4, 0.5) is 5.95 Å². The Hall–Kier alpha value is -2.71. The Balaban J connectivity index is 1.48. The second-order valence-corrected chi connectivity index (χ2v) is 8.49. The van der Waals surface area contributed by atoms with Crippen LogP contribution in [0.1, 0.15) is 17.3 Å². The minimum atomic E-state index is -3.57. The van der Waals surface area contributed by atoms with Crippen LogP contribution in [0.3, 0.4) is 0 Å². The average Bonchev–Trinajstić information content (AvgIpc) is 3.12. The van der Waals surface area contributed by atoms with Crippen LogP contribution < -0.4 is 4.90 Å². The fourth-order valence-corrected chi connectivity index (χ4v) is 4.66. The van der Waals surface area contributed by atoms with Crippen molar-refractivity contribution in [3.8, 4) is 0 Å². The van der Waals surface area contributed by atoms with Crippen LogP contribution in [0, 0.1) is 0 Å². The minimum Gasteiger partial charge on any atom is -0.340 e. The number of nitrogens with one attached hydrogen (secondary N) is 1. The molecule has 1 fully saturated rings. The number of hydrogen-bond donors (Lipinski definition) is 1. The lowest BCUT2D eigenvalue weighted by molar-refractivity contribution is 0.101. The fourth-order valence-electron chi connectivity index (χ4n) is 3.24. The van der Waals surface area contributed by atoms with E-state index in [9.17, 15) is 13.2 Å². The number of benzene rings is 2. The van der Waals surface area contributed by atoms with E-state index in [2.05, 4.69) is 14.9 Å². The summed E-state index contributed by atoms with van der Waals surface area (Å²) in [4.78, 5) is 21.5. The lowest BCUT2D eigenvalue weighted by Crippen LogP contribution is -2.49. The lowest BCUT2D eigenvalue weighted by Gasteiger charge is -2.33. The molecule has 0 bridgehead atoms. The third kappa shape index (κ3) is 3.33. The zero-order valence-corrected chi connectivity index (χ0v) is 15.7. The molecule has 3 aromatic rings. The summed E-state index contributed by atoms with van der Waals surface area (Å²) in [5.74, 6) is 0.678. The van der Waals surface area contributed by atoms with Crippen LogP contribution in [0.25, 0.3) is 11.0 Å². The smallest absolute Gasteiger partial charge is 0.243 e. The predicted octanol–water partition coefficient (Wildman–Crippen LogP) is 2.28. The maximum absolute atomic E-state index is 12.9. The van der Waals surface area contributed by atoms with E-state index in [-0.39, 0.29) is 10.7 Å². The van der Waals surface area contributed by atoms with Gasteiger partial charge in [0.05, 0.1) is 15.9 Å². The van der Waals surface area contributed by atoms with E-state index < -0.39 is 10.0 Å². The lowest BCUT2D eigenvalue weighted by atomic mass is 10.2. The molecule has 2 heterocycles. The topological polar surface area (TPSA) is 86.4 Å². The van der Waals surface area contributed by atoms with E-state index in [0.29, 0.717) is 31.7 Å². The van der Waals surface area contributed by atoms with Gasteiger partial charge < -0.3 is 9.88 Å². The monoisotopic (exact) mass is 384 g/mol. The van der Waals surface area contributed by atoms with Crippen LogP contribution in [0.15, 0.2) is 53.4 Å². The Morgan fingerprint density at radius 2 is 1.67 bits per heavy atom. The second-order valence-electron chi connectivity index (χ2n) is 6.55. The summed E-state index contributed by atoms with van der Waals surface area (Å²) in [7, 11) is -3.57. The number of Topliss-reactive ketones (excluding diaryl/α,β-unsaturated/α-hetero) is 1. The van der Waals surface area contributed by atoms with Gasteiger partial charge in [0.15, 0.2) is 5.78 Å². The van der Waals surface area contributed by atoms with Gasteiger partial charge in [-0.3, -0.25) is 4.79 Å². The summed E-state index contributed by atoms with van der Waals surface area (Å²) in [5, 5.41) is 0. The molecule has 1 aromatic heterocycles. The highest BCUT2D eigenvalue weighted by Gasteiger charge is 2.29. The van der Waals surface area contributed by atoms with Crippen molar-refractivity contribution in [3.05, 3.63) is 54.1 Å². The SMILES string of the molecule is CC(=O)c1ccc(S(=O)(=O)N2CCN(c3nc4ccccc4[nH]3)CC2)cc1. The molecule has 7 nitrogen and oxygen atoms in total. The van der Waals surface area contributed by atoms with Gasteiger partial charge in [0.25, 0.3) is 0 Å². The molecule has 1 aliphatic rings. The van der Waals surface area contributed by atoms with Crippen molar-refractivity contribution in [2.45, 2.75) is 11.8 Å². The number of ketones is 1. The molecule has 0 aliphatic carbocycles. The van der Waals surface area contributed by atoms with Gasteiger partial charge in [-0.15, -0.1) is 0 Å². The Morgan fingerprint density at radius 1 is 1.00 bits per heavy atom. The van der Waals surface area contributed by atoms with E-state index in [4.69, 9.17) is 0 Å². The van der Waals surface area contributed by atoms with Gasteiger partial charge in [-0.05, 0) is 31.2 Å². The first-order valence-corrected chi connectivity index (χ1v) is 10.2. The Bertz CT molecular complexity index is 1050. The maximum Gasteiger partial charge on any atom is 0.243 e. The number of fused-ring (bicyclic) bond motifs is 1. The number of carbonyl (C=O) groups is 1. The van der Waals surface area contributed by atoms with Crippen molar-refractivity contribution in [2.24, 2.45) is 0 Å². The fraction of sp³-hybridized carbons (Fsp3) is 0.263. The van der Waals surface area contributed by atoms with Crippen molar-refractivity contribution in [1.82, 2.24) is 14.3 Å². The highest BCUT2D eigenvalue weighted by molar-refractivity contribution is 7.89. The van der Waals surface area contributed by atoms with Crippen molar-refractivity contribution in [1.29, 1.82) is 0 Å². The molecule has 0 saturated carbocycles. The number of para-hydroxylation sites is 2. The summed E-state index contributed by atoms with van der Waals surface area (Å²) in [6.45, 7) is 3.34. The van der Waals surface area contributed by atoms with Gasteiger partial charge in [-0.1, -0.05) is 24.3 Å². The molecule has 0 radical (unpaired) electrons. The number of imidazole rings is 1. The summed E-state index contributed by atoms with van der Waals surface area (Å²) in [5.41, 5.74) is 2.37. The summed E-state index contributed by atoms with van der Waals surface area (Å²) in [6.07, 6.45) is 0. The Kier molecular flexibility index (Phi) is 4.45. The van der Waals surface area contributed by atoms with E-state index in [1.807, 2.05) is 24.3 Å². The van der Waals surface area contributed by atoms with Gasteiger partial charge in [-0.25, -0.2) is 13.4 Å². The molecule has 8 heteroatoms. The summed E-state index contributed by atoms with van der Waals surface area (Å²) < 4.78 is 27.2. The van der Waals surface area contributed by atoms with E-state index >= 15 is 0 Å². The molecule has 1 N–H and O–H groups in total. The quantitative estimate of drug-likeness (QED) is 0.698. The first-order chi connectivity index (χ1) is 12.9. The van der Waals surface area contributed by atoms with Crippen LogP contribution in [-0.4, -0.2) is 54.7 Å². The average molecular weight is 384 g/mol. The summed E-state index contributed by atoms with van der Waals surface area (Å²) in [6, 6.07) is 13.9. The molecular formula is C19H20N4O3S. The molecule has 140 valence electrons. The number of aromatic amines is 1.